The highest BCUT2D eigenvalue weighted by Crippen LogP contribution is 2.27. The van der Waals surface area contributed by atoms with Gasteiger partial charge in [0, 0.05) is 31.4 Å². The predicted molar refractivity (Wildman–Crippen MR) is 136 cm³/mol. The smallest absolute Gasteiger partial charge is 0.262 e. The molecule has 36 heavy (non-hydrogen) atoms. The Labute approximate surface area is 208 Å². The number of benzene rings is 2. The molecule has 3 heterocycles. The van der Waals surface area contributed by atoms with Gasteiger partial charge in [-0.05, 0) is 48.6 Å². The summed E-state index contributed by atoms with van der Waals surface area (Å²) in [4.78, 5) is 32.2. The number of piperidine rings is 1. The molecule has 0 spiro atoms. The third-order valence-corrected chi connectivity index (χ3v) is 7.12. The van der Waals surface area contributed by atoms with E-state index in [1.807, 2.05) is 37.3 Å². The van der Waals surface area contributed by atoms with E-state index in [1.165, 1.54) is 23.0 Å². The monoisotopic (exact) mass is 488 g/mol. The van der Waals surface area contributed by atoms with Gasteiger partial charge in [-0.2, -0.15) is 0 Å². The number of aliphatic hydroxyl groups is 1. The molecule has 0 saturated carbocycles. The maximum Gasteiger partial charge on any atom is 0.262 e. The standard InChI is InChI=1S/C28H29FN4O3/c1-20(21-6-3-2-4-7-21)16-25(34)31-14-11-28(36,12-15-31)18-32-19-30-26-24(27(32)35)10-13-33(26)23-9-5-8-22(29)17-23/h2-10,13,17,19-20,36H,11-12,14-16,18H2,1H3/t20-/m1/s1. The van der Waals surface area contributed by atoms with Gasteiger partial charge in [0.1, 0.15) is 12.1 Å². The van der Waals surface area contributed by atoms with Gasteiger partial charge in [-0.1, -0.05) is 43.3 Å². The van der Waals surface area contributed by atoms with Crippen molar-refractivity contribution in [2.24, 2.45) is 0 Å². The number of carbonyl (C=O) groups is 1. The molecule has 2 aromatic carbocycles. The lowest BCUT2D eigenvalue weighted by Gasteiger charge is -2.38. The van der Waals surface area contributed by atoms with Crippen molar-refractivity contribution in [2.75, 3.05) is 13.1 Å². The number of likely N-dealkylation sites (tertiary alicyclic amines) is 1. The molecule has 0 unspecified atom stereocenters. The number of hydrogen-bond donors (Lipinski definition) is 1. The molecule has 186 valence electrons. The number of aromatic nitrogens is 3. The van der Waals surface area contributed by atoms with Crippen LogP contribution in [0.4, 0.5) is 4.39 Å². The van der Waals surface area contributed by atoms with E-state index in [4.69, 9.17) is 0 Å². The number of carbonyl (C=O) groups excluding carboxylic acids is 1. The summed E-state index contributed by atoms with van der Waals surface area (Å²) < 4.78 is 16.8. The summed E-state index contributed by atoms with van der Waals surface area (Å²) in [6.07, 6.45) is 4.30. The molecular formula is C28H29FN4O3. The van der Waals surface area contributed by atoms with Gasteiger partial charge in [0.2, 0.25) is 5.91 Å². The quantitative estimate of drug-likeness (QED) is 0.447. The van der Waals surface area contributed by atoms with E-state index in [0.717, 1.165) is 5.56 Å². The number of rotatable bonds is 6. The zero-order valence-corrected chi connectivity index (χ0v) is 20.2. The number of fused-ring (bicyclic) bond motifs is 1. The Hall–Kier alpha value is -3.78. The molecular weight excluding hydrogens is 459 g/mol. The van der Waals surface area contributed by atoms with Gasteiger partial charge in [-0.15, -0.1) is 0 Å². The molecule has 0 radical (unpaired) electrons. The summed E-state index contributed by atoms with van der Waals surface area (Å²) in [6, 6.07) is 17.7. The van der Waals surface area contributed by atoms with Crippen LogP contribution < -0.4 is 5.56 Å². The average molecular weight is 489 g/mol. The molecule has 1 amide bonds. The van der Waals surface area contributed by atoms with Crippen molar-refractivity contribution in [3.8, 4) is 5.69 Å². The minimum absolute atomic E-state index is 0.0762. The first-order valence-electron chi connectivity index (χ1n) is 12.2. The van der Waals surface area contributed by atoms with Gasteiger partial charge in [0.25, 0.3) is 5.56 Å². The van der Waals surface area contributed by atoms with E-state index in [1.54, 1.807) is 33.9 Å². The first-order chi connectivity index (χ1) is 17.3. The molecule has 7 nitrogen and oxygen atoms in total. The fourth-order valence-corrected chi connectivity index (χ4v) is 4.94. The molecule has 1 aliphatic heterocycles. The van der Waals surface area contributed by atoms with Crippen molar-refractivity contribution >= 4 is 16.9 Å². The molecule has 1 saturated heterocycles. The van der Waals surface area contributed by atoms with Gasteiger partial charge in [-0.25, -0.2) is 9.37 Å². The number of halogens is 1. The third kappa shape index (κ3) is 4.81. The van der Waals surface area contributed by atoms with Crippen LogP contribution in [0.3, 0.4) is 0 Å². The molecule has 4 aromatic rings. The molecule has 0 bridgehead atoms. The van der Waals surface area contributed by atoms with Crippen LogP contribution in [0.5, 0.6) is 0 Å². The summed E-state index contributed by atoms with van der Waals surface area (Å²) in [6.45, 7) is 3.03. The van der Waals surface area contributed by atoms with Crippen molar-refractivity contribution in [3.63, 3.8) is 0 Å². The molecule has 1 atom stereocenters. The van der Waals surface area contributed by atoms with Crippen LogP contribution in [0.1, 0.15) is 37.7 Å². The first-order valence-corrected chi connectivity index (χ1v) is 12.2. The van der Waals surface area contributed by atoms with Crippen LogP contribution >= 0.6 is 0 Å². The van der Waals surface area contributed by atoms with E-state index < -0.39 is 5.60 Å². The largest absolute Gasteiger partial charge is 0.388 e. The van der Waals surface area contributed by atoms with Crippen LogP contribution in [-0.2, 0) is 11.3 Å². The van der Waals surface area contributed by atoms with Crippen LogP contribution in [0, 0.1) is 5.82 Å². The zero-order chi connectivity index (χ0) is 25.3. The second-order valence-electron chi connectivity index (χ2n) is 9.70. The Morgan fingerprint density at radius 3 is 2.58 bits per heavy atom. The number of hydrogen-bond acceptors (Lipinski definition) is 4. The minimum Gasteiger partial charge on any atom is -0.388 e. The van der Waals surface area contributed by atoms with Crippen LogP contribution in [0.15, 0.2) is 78.0 Å². The Balaban J connectivity index is 1.26. The maximum absolute atomic E-state index is 13.7. The lowest BCUT2D eigenvalue weighted by atomic mass is 9.90. The summed E-state index contributed by atoms with van der Waals surface area (Å²) in [5.41, 5.74) is 0.770. The van der Waals surface area contributed by atoms with Crippen molar-refractivity contribution in [1.82, 2.24) is 19.0 Å². The highest BCUT2D eigenvalue weighted by Gasteiger charge is 2.35. The van der Waals surface area contributed by atoms with Crippen LogP contribution in [0.25, 0.3) is 16.7 Å². The minimum atomic E-state index is -1.11. The SMILES string of the molecule is C[C@H](CC(=O)N1CCC(O)(Cn2cnc3c(ccn3-c3cccc(F)c3)c2=O)CC1)c1ccccc1. The Morgan fingerprint density at radius 2 is 1.86 bits per heavy atom. The normalized spacial score (nSPS) is 16.2. The van der Waals surface area contributed by atoms with Gasteiger partial charge in [0.05, 0.1) is 17.5 Å². The molecule has 1 N–H and O–H groups in total. The van der Waals surface area contributed by atoms with Crippen molar-refractivity contribution in [2.45, 2.75) is 44.2 Å². The lowest BCUT2D eigenvalue weighted by Crippen LogP contribution is -2.49. The molecule has 5 rings (SSSR count). The summed E-state index contributed by atoms with van der Waals surface area (Å²) >= 11 is 0. The summed E-state index contributed by atoms with van der Waals surface area (Å²) in [5.74, 6) is -0.174. The van der Waals surface area contributed by atoms with E-state index >= 15 is 0 Å². The maximum atomic E-state index is 13.7. The van der Waals surface area contributed by atoms with E-state index in [-0.39, 0.29) is 29.7 Å². The van der Waals surface area contributed by atoms with Crippen molar-refractivity contribution in [1.29, 1.82) is 0 Å². The molecule has 1 fully saturated rings. The van der Waals surface area contributed by atoms with E-state index in [0.29, 0.717) is 49.1 Å². The number of amides is 1. The van der Waals surface area contributed by atoms with Crippen LogP contribution in [0.2, 0.25) is 0 Å². The topological polar surface area (TPSA) is 80.4 Å². The van der Waals surface area contributed by atoms with Crippen LogP contribution in [-0.4, -0.2) is 48.7 Å². The highest BCUT2D eigenvalue weighted by atomic mass is 19.1. The van der Waals surface area contributed by atoms with Gasteiger partial charge in [0.15, 0.2) is 5.65 Å². The van der Waals surface area contributed by atoms with Gasteiger partial charge in [-0.3, -0.25) is 14.2 Å². The van der Waals surface area contributed by atoms with Gasteiger partial charge < -0.3 is 14.6 Å². The second kappa shape index (κ2) is 9.70. The van der Waals surface area contributed by atoms with Crippen molar-refractivity contribution in [3.05, 3.63) is 94.9 Å². The van der Waals surface area contributed by atoms with Gasteiger partial charge >= 0.3 is 0 Å². The summed E-state index contributed by atoms with van der Waals surface area (Å²) in [5, 5.41) is 11.6. The van der Waals surface area contributed by atoms with Crippen molar-refractivity contribution < 1.29 is 14.3 Å². The molecule has 2 aromatic heterocycles. The Morgan fingerprint density at radius 1 is 1.11 bits per heavy atom. The fourth-order valence-electron chi connectivity index (χ4n) is 4.94. The van der Waals surface area contributed by atoms with E-state index in [2.05, 4.69) is 4.98 Å². The predicted octanol–water partition coefficient (Wildman–Crippen LogP) is 3.87. The lowest BCUT2D eigenvalue weighted by molar-refractivity contribution is -0.136. The Bertz CT molecular complexity index is 1440. The summed E-state index contributed by atoms with van der Waals surface area (Å²) in [7, 11) is 0. The number of nitrogens with zero attached hydrogens (tertiary/aromatic N) is 4. The fraction of sp³-hybridized carbons (Fsp3) is 0.321. The zero-order valence-electron chi connectivity index (χ0n) is 20.2. The second-order valence-corrected chi connectivity index (χ2v) is 9.70. The Kier molecular flexibility index (Phi) is 6.45. The average Bonchev–Trinajstić information content (AvgIpc) is 3.31. The molecule has 8 heteroatoms. The van der Waals surface area contributed by atoms with E-state index in [9.17, 15) is 19.1 Å². The third-order valence-electron chi connectivity index (χ3n) is 7.12. The highest BCUT2D eigenvalue weighted by molar-refractivity contribution is 5.77. The molecule has 0 aliphatic carbocycles. The molecule has 1 aliphatic rings. The first kappa shape index (κ1) is 23.9.